The topological polar surface area (TPSA) is 96.7 Å². The molecule has 1 saturated carbocycles. The number of nitrogens with two attached hydrogens (primary N) is 1. The number of aromatic amines is 1. The van der Waals surface area contributed by atoms with Gasteiger partial charge < -0.3 is 11.1 Å². The van der Waals surface area contributed by atoms with Crippen LogP contribution in [0.3, 0.4) is 0 Å². The molecular formula is C11H19N5O. The lowest BCUT2D eigenvalue weighted by atomic mass is 9.96. The van der Waals surface area contributed by atoms with E-state index in [0.29, 0.717) is 12.5 Å². The molecule has 6 heteroatoms. The van der Waals surface area contributed by atoms with Gasteiger partial charge in [0.1, 0.15) is 5.82 Å². The van der Waals surface area contributed by atoms with Crippen LogP contribution in [0.15, 0.2) is 0 Å². The van der Waals surface area contributed by atoms with Gasteiger partial charge in [0.05, 0.1) is 5.54 Å². The number of aromatic nitrogens is 3. The Morgan fingerprint density at radius 2 is 2.35 bits per heavy atom. The maximum Gasteiger partial charge on any atom is 0.291 e. The molecule has 17 heavy (non-hydrogen) atoms. The van der Waals surface area contributed by atoms with Crippen LogP contribution in [0.1, 0.15) is 43.1 Å². The van der Waals surface area contributed by atoms with Crippen molar-refractivity contribution < 1.29 is 4.79 Å². The quantitative estimate of drug-likeness (QED) is 0.682. The maximum absolute atomic E-state index is 12.0. The van der Waals surface area contributed by atoms with Gasteiger partial charge >= 0.3 is 0 Å². The van der Waals surface area contributed by atoms with E-state index in [4.69, 9.17) is 5.73 Å². The smallest absolute Gasteiger partial charge is 0.291 e. The standard InChI is InChI=1S/C11H19N5O/c1-3-8-13-9(16-15-8)10(17)14-11(2,6-12)7-4-5-7/h7H,3-6,12H2,1-2H3,(H,14,17)(H,13,15,16). The molecule has 1 unspecified atom stereocenters. The van der Waals surface area contributed by atoms with Gasteiger partial charge in [-0.3, -0.25) is 9.89 Å². The number of carbonyl (C=O) groups is 1. The van der Waals surface area contributed by atoms with Gasteiger partial charge in [-0.1, -0.05) is 6.92 Å². The summed E-state index contributed by atoms with van der Waals surface area (Å²) in [5.74, 6) is 1.15. The predicted octanol–water partition coefficient (Wildman–Crippen LogP) is 0.224. The van der Waals surface area contributed by atoms with Crippen LogP contribution in [0.5, 0.6) is 0 Å². The van der Waals surface area contributed by atoms with Gasteiger partial charge in [0.25, 0.3) is 5.91 Å². The number of nitrogens with one attached hydrogen (secondary N) is 2. The minimum absolute atomic E-state index is 0.196. The Hall–Kier alpha value is -1.43. The fourth-order valence-electron chi connectivity index (χ4n) is 1.91. The molecule has 0 saturated heterocycles. The first-order valence-electron chi connectivity index (χ1n) is 6.03. The molecule has 1 atom stereocenters. The van der Waals surface area contributed by atoms with E-state index >= 15 is 0 Å². The summed E-state index contributed by atoms with van der Waals surface area (Å²) in [5.41, 5.74) is 5.41. The second kappa shape index (κ2) is 4.44. The van der Waals surface area contributed by atoms with Crippen molar-refractivity contribution in [3.05, 3.63) is 11.6 Å². The summed E-state index contributed by atoms with van der Waals surface area (Å²) in [5, 5.41) is 9.58. The number of aryl methyl sites for hydroxylation is 1. The summed E-state index contributed by atoms with van der Waals surface area (Å²) in [6, 6.07) is 0. The molecular weight excluding hydrogens is 218 g/mol. The van der Waals surface area contributed by atoms with E-state index in [1.165, 1.54) is 0 Å². The second-order valence-electron chi connectivity index (χ2n) is 4.81. The minimum Gasteiger partial charge on any atom is -0.343 e. The maximum atomic E-state index is 12.0. The minimum atomic E-state index is -0.329. The molecule has 1 aliphatic carbocycles. The summed E-state index contributed by atoms with van der Waals surface area (Å²) in [6.45, 7) is 4.38. The molecule has 0 aliphatic heterocycles. The van der Waals surface area contributed by atoms with Crippen LogP contribution in [-0.4, -0.2) is 33.2 Å². The van der Waals surface area contributed by atoms with Gasteiger partial charge in [-0.05, 0) is 25.7 Å². The molecule has 1 aromatic rings. The molecule has 0 bridgehead atoms. The Bertz CT molecular complexity index is 412. The number of hydrogen-bond donors (Lipinski definition) is 3. The van der Waals surface area contributed by atoms with Crippen LogP contribution >= 0.6 is 0 Å². The predicted molar refractivity (Wildman–Crippen MR) is 63.4 cm³/mol. The zero-order valence-electron chi connectivity index (χ0n) is 10.3. The number of nitrogens with zero attached hydrogens (tertiary/aromatic N) is 2. The van der Waals surface area contributed by atoms with Gasteiger partial charge in [0, 0.05) is 13.0 Å². The Morgan fingerprint density at radius 1 is 1.65 bits per heavy atom. The van der Waals surface area contributed by atoms with E-state index < -0.39 is 0 Å². The monoisotopic (exact) mass is 237 g/mol. The summed E-state index contributed by atoms with van der Waals surface area (Å²) in [7, 11) is 0. The normalized spacial score (nSPS) is 18.8. The Kier molecular flexibility index (Phi) is 3.15. The number of rotatable bonds is 5. The van der Waals surface area contributed by atoms with Gasteiger partial charge in [-0.25, -0.2) is 4.98 Å². The lowest BCUT2D eigenvalue weighted by molar-refractivity contribution is 0.0887. The lowest BCUT2D eigenvalue weighted by Gasteiger charge is -2.28. The van der Waals surface area contributed by atoms with Gasteiger partial charge in [-0.15, -0.1) is 5.10 Å². The molecule has 2 rings (SSSR count). The van der Waals surface area contributed by atoms with Crippen molar-refractivity contribution in [2.24, 2.45) is 11.7 Å². The third-order valence-electron chi connectivity index (χ3n) is 3.37. The van der Waals surface area contributed by atoms with Gasteiger partial charge in [-0.2, -0.15) is 0 Å². The molecule has 4 N–H and O–H groups in total. The van der Waals surface area contributed by atoms with E-state index in [0.717, 1.165) is 25.1 Å². The molecule has 0 aromatic carbocycles. The van der Waals surface area contributed by atoms with Crippen LogP contribution in [0, 0.1) is 5.92 Å². The first-order valence-corrected chi connectivity index (χ1v) is 6.03. The highest BCUT2D eigenvalue weighted by molar-refractivity contribution is 5.90. The largest absolute Gasteiger partial charge is 0.343 e. The average Bonchev–Trinajstić information content (AvgIpc) is 3.07. The van der Waals surface area contributed by atoms with E-state index in [1.807, 2.05) is 13.8 Å². The average molecular weight is 237 g/mol. The van der Waals surface area contributed by atoms with Crippen molar-refractivity contribution in [2.45, 2.75) is 38.6 Å². The third kappa shape index (κ3) is 2.46. The van der Waals surface area contributed by atoms with E-state index in [9.17, 15) is 4.79 Å². The van der Waals surface area contributed by atoms with Crippen molar-refractivity contribution in [2.75, 3.05) is 6.54 Å². The third-order valence-corrected chi connectivity index (χ3v) is 3.37. The van der Waals surface area contributed by atoms with Crippen molar-refractivity contribution >= 4 is 5.91 Å². The van der Waals surface area contributed by atoms with Crippen molar-refractivity contribution in [3.63, 3.8) is 0 Å². The van der Waals surface area contributed by atoms with Gasteiger partial charge in [0.2, 0.25) is 5.82 Å². The lowest BCUT2D eigenvalue weighted by Crippen LogP contribution is -2.53. The molecule has 94 valence electrons. The number of amides is 1. The summed E-state index contributed by atoms with van der Waals surface area (Å²) in [4.78, 5) is 16.1. The van der Waals surface area contributed by atoms with E-state index in [1.54, 1.807) is 0 Å². The van der Waals surface area contributed by atoms with E-state index in [-0.39, 0.29) is 17.3 Å². The first-order chi connectivity index (χ1) is 8.09. The molecule has 1 fully saturated rings. The Balaban J connectivity index is 2.05. The highest BCUT2D eigenvalue weighted by atomic mass is 16.2. The molecule has 0 radical (unpaired) electrons. The fraction of sp³-hybridized carbons (Fsp3) is 0.727. The molecule has 1 heterocycles. The van der Waals surface area contributed by atoms with Crippen molar-refractivity contribution in [3.8, 4) is 0 Å². The van der Waals surface area contributed by atoms with Crippen LogP contribution in [0.25, 0.3) is 0 Å². The second-order valence-corrected chi connectivity index (χ2v) is 4.81. The fourth-order valence-corrected chi connectivity index (χ4v) is 1.91. The molecule has 6 nitrogen and oxygen atoms in total. The summed E-state index contributed by atoms with van der Waals surface area (Å²) < 4.78 is 0. The SMILES string of the molecule is CCc1nc(C(=O)NC(C)(CN)C2CC2)n[nH]1. The molecule has 1 aliphatic rings. The molecule has 0 spiro atoms. The number of carbonyl (C=O) groups excluding carboxylic acids is 1. The van der Waals surface area contributed by atoms with E-state index in [2.05, 4.69) is 20.5 Å². The Labute approximate surface area is 100 Å². The zero-order chi connectivity index (χ0) is 12.5. The Morgan fingerprint density at radius 3 is 2.82 bits per heavy atom. The van der Waals surface area contributed by atoms with Crippen molar-refractivity contribution in [1.82, 2.24) is 20.5 Å². The highest BCUT2D eigenvalue weighted by Gasteiger charge is 2.42. The number of hydrogen-bond acceptors (Lipinski definition) is 4. The summed E-state index contributed by atoms with van der Waals surface area (Å²) >= 11 is 0. The van der Waals surface area contributed by atoms with Crippen LogP contribution < -0.4 is 11.1 Å². The number of H-pyrrole nitrogens is 1. The van der Waals surface area contributed by atoms with Crippen LogP contribution in [-0.2, 0) is 6.42 Å². The van der Waals surface area contributed by atoms with Crippen LogP contribution in [0.4, 0.5) is 0 Å². The van der Waals surface area contributed by atoms with Crippen LogP contribution in [0.2, 0.25) is 0 Å². The zero-order valence-corrected chi connectivity index (χ0v) is 10.3. The molecule has 1 amide bonds. The van der Waals surface area contributed by atoms with Crippen molar-refractivity contribution in [1.29, 1.82) is 0 Å². The highest BCUT2D eigenvalue weighted by Crippen LogP contribution is 2.39. The first kappa shape index (κ1) is 12.0. The van der Waals surface area contributed by atoms with Gasteiger partial charge in [0.15, 0.2) is 0 Å². The molecule has 1 aromatic heterocycles. The summed E-state index contributed by atoms with van der Waals surface area (Å²) in [6.07, 6.45) is 2.99.